The van der Waals surface area contributed by atoms with Crippen molar-refractivity contribution in [3.8, 4) is 0 Å². The van der Waals surface area contributed by atoms with Crippen molar-refractivity contribution in [3.05, 3.63) is 16.7 Å². The van der Waals surface area contributed by atoms with E-state index in [1.165, 1.54) is 0 Å². The van der Waals surface area contributed by atoms with Crippen molar-refractivity contribution < 1.29 is 8.42 Å². The normalized spacial score (nSPS) is 20.9. The summed E-state index contributed by atoms with van der Waals surface area (Å²) < 4.78 is 27.9. The fourth-order valence-electron chi connectivity index (χ4n) is 2.52. The summed E-state index contributed by atoms with van der Waals surface area (Å²) >= 11 is 3.29. The highest BCUT2D eigenvalue weighted by molar-refractivity contribution is 9.10. The molecule has 1 aliphatic rings. The van der Waals surface area contributed by atoms with E-state index >= 15 is 0 Å². The van der Waals surface area contributed by atoms with E-state index in [0.717, 1.165) is 19.3 Å². The van der Waals surface area contributed by atoms with Crippen LogP contribution in [-0.2, 0) is 10.0 Å². The first kappa shape index (κ1) is 15.7. The summed E-state index contributed by atoms with van der Waals surface area (Å²) in [4.78, 5) is 4.37. The highest BCUT2D eigenvalue weighted by atomic mass is 79.9. The van der Waals surface area contributed by atoms with E-state index in [0.29, 0.717) is 29.3 Å². The third-order valence-corrected chi connectivity index (χ3v) is 6.05. The zero-order chi connectivity index (χ0) is 14.8. The Balaban J connectivity index is 2.37. The lowest BCUT2D eigenvalue weighted by Crippen LogP contribution is -2.40. The Labute approximate surface area is 129 Å². The molecule has 7 heteroatoms. The van der Waals surface area contributed by atoms with Crippen molar-refractivity contribution in [2.24, 2.45) is 5.92 Å². The summed E-state index contributed by atoms with van der Waals surface area (Å²) in [5, 5.41) is 2.86. The largest absolute Gasteiger partial charge is 0.372 e. The molecule has 1 aliphatic heterocycles. The van der Waals surface area contributed by atoms with Crippen molar-refractivity contribution in [1.29, 1.82) is 0 Å². The molecule has 1 saturated heterocycles. The molecule has 0 saturated carbocycles. The standard InChI is InChI=1S/C13H20BrN3O2S/c1-3-10-5-4-6-17(9-10)20(18,19)12-7-11(14)8-16-13(12)15-2/h7-8,10H,3-6,9H2,1-2H3,(H,15,16). The van der Waals surface area contributed by atoms with Gasteiger partial charge in [-0.25, -0.2) is 13.4 Å². The minimum absolute atomic E-state index is 0.242. The zero-order valence-electron chi connectivity index (χ0n) is 11.8. The van der Waals surface area contributed by atoms with Gasteiger partial charge in [0.15, 0.2) is 0 Å². The van der Waals surface area contributed by atoms with Crippen LogP contribution in [0.3, 0.4) is 0 Å². The summed E-state index contributed by atoms with van der Waals surface area (Å²) in [5.74, 6) is 0.850. The number of hydrogen-bond donors (Lipinski definition) is 1. The maximum Gasteiger partial charge on any atom is 0.246 e. The maximum atomic E-state index is 12.8. The number of hydrogen-bond acceptors (Lipinski definition) is 4. The van der Waals surface area contributed by atoms with E-state index in [-0.39, 0.29) is 4.90 Å². The van der Waals surface area contributed by atoms with Gasteiger partial charge in [0.05, 0.1) is 0 Å². The Morgan fingerprint density at radius 1 is 1.55 bits per heavy atom. The Morgan fingerprint density at radius 3 is 2.95 bits per heavy atom. The second kappa shape index (κ2) is 6.41. The maximum absolute atomic E-state index is 12.8. The summed E-state index contributed by atoms with van der Waals surface area (Å²) in [5.41, 5.74) is 0. The minimum Gasteiger partial charge on any atom is -0.372 e. The zero-order valence-corrected chi connectivity index (χ0v) is 14.2. The first-order chi connectivity index (χ1) is 9.48. The van der Waals surface area contributed by atoms with Crippen LogP contribution in [0.2, 0.25) is 0 Å². The van der Waals surface area contributed by atoms with Gasteiger partial charge in [-0.3, -0.25) is 0 Å². The third kappa shape index (κ3) is 3.15. The molecule has 2 heterocycles. The summed E-state index contributed by atoms with van der Waals surface area (Å²) in [6, 6.07) is 1.61. The summed E-state index contributed by atoms with van der Waals surface area (Å²) in [6.07, 6.45) is 4.64. The number of halogens is 1. The van der Waals surface area contributed by atoms with Gasteiger partial charge in [-0.2, -0.15) is 4.31 Å². The number of pyridine rings is 1. The van der Waals surface area contributed by atoms with Gasteiger partial charge in [-0.1, -0.05) is 13.3 Å². The second-order valence-corrected chi connectivity index (χ2v) is 7.85. The van der Waals surface area contributed by atoms with Crippen LogP contribution >= 0.6 is 15.9 Å². The number of piperidine rings is 1. The molecule has 1 aromatic heterocycles. The molecule has 112 valence electrons. The Morgan fingerprint density at radius 2 is 2.30 bits per heavy atom. The molecular weight excluding hydrogens is 342 g/mol. The molecule has 0 bridgehead atoms. The van der Waals surface area contributed by atoms with Crippen molar-refractivity contribution in [2.75, 3.05) is 25.5 Å². The molecular formula is C13H20BrN3O2S. The lowest BCUT2D eigenvalue weighted by Gasteiger charge is -2.31. The number of aromatic nitrogens is 1. The van der Waals surface area contributed by atoms with Gasteiger partial charge in [0, 0.05) is 30.8 Å². The smallest absolute Gasteiger partial charge is 0.246 e. The number of sulfonamides is 1. The predicted molar refractivity (Wildman–Crippen MR) is 83.3 cm³/mol. The van der Waals surface area contributed by atoms with Gasteiger partial charge in [0.1, 0.15) is 10.7 Å². The van der Waals surface area contributed by atoms with Gasteiger partial charge in [0.25, 0.3) is 0 Å². The second-order valence-electron chi connectivity index (χ2n) is 5.03. The fraction of sp³-hybridized carbons (Fsp3) is 0.615. The third-order valence-electron chi connectivity index (χ3n) is 3.73. The van der Waals surface area contributed by atoms with Crippen LogP contribution in [0.1, 0.15) is 26.2 Å². The fourth-order valence-corrected chi connectivity index (χ4v) is 4.74. The molecule has 1 unspecified atom stereocenters. The average molecular weight is 362 g/mol. The molecule has 0 aliphatic carbocycles. The summed E-state index contributed by atoms with van der Waals surface area (Å²) in [7, 11) is -1.81. The van der Waals surface area contributed by atoms with E-state index in [2.05, 4.69) is 33.2 Å². The monoisotopic (exact) mass is 361 g/mol. The van der Waals surface area contributed by atoms with Crippen LogP contribution < -0.4 is 5.32 Å². The number of anilines is 1. The number of rotatable bonds is 4. The molecule has 0 aromatic carbocycles. The van der Waals surface area contributed by atoms with E-state index < -0.39 is 10.0 Å². The predicted octanol–water partition coefficient (Wildman–Crippen LogP) is 2.70. The molecule has 0 amide bonds. The van der Waals surface area contributed by atoms with E-state index in [1.54, 1.807) is 23.6 Å². The highest BCUT2D eigenvalue weighted by Gasteiger charge is 2.31. The Hall–Kier alpha value is -0.660. The SMILES string of the molecule is CCC1CCCN(S(=O)(=O)c2cc(Br)cnc2NC)C1. The molecule has 0 spiro atoms. The first-order valence-electron chi connectivity index (χ1n) is 6.82. The summed E-state index contributed by atoms with van der Waals surface area (Å²) in [6.45, 7) is 3.31. The molecule has 0 radical (unpaired) electrons. The molecule has 20 heavy (non-hydrogen) atoms. The molecule has 1 fully saturated rings. The van der Waals surface area contributed by atoms with Crippen molar-refractivity contribution >= 4 is 31.8 Å². The molecule has 1 N–H and O–H groups in total. The Bertz CT molecular complexity index is 577. The highest BCUT2D eigenvalue weighted by Crippen LogP contribution is 2.29. The van der Waals surface area contributed by atoms with Crippen LogP contribution in [0.25, 0.3) is 0 Å². The topological polar surface area (TPSA) is 62.3 Å². The molecule has 1 aromatic rings. The van der Waals surface area contributed by atoms with Gasteiger partial charge in [0.2, 0.25) is 10.0 Å². The van der Waals surface area contributed by atoms with Crippen LogP contribution in [-0.4, -0.2) is 37.8 Å². The van der Waals surface area contributed by atoms with Gasteiger partial charge in [-0.15, -0.1) is 0 Å². The van der Waals surface area contributed by atoms with Crippen LogP contribution in [0.4, 0.5) is 5.82 Å². The van der Waals surface area contributed by atoms with Gasteiger partial charge >= 0.3 is 0 Å². The molecule has 1 atom stereocenters. The lowest BCUT2D eigenvalue weighted by atomic mass is 9.97. The number of nitrogens with one attached hydrogen (secondary N) is 1. The van der Waals surface area contributed by atoms with E-state index in [1.807, 2.05) is 0 Å². The lowest BCUT2D eigenvalue weighted by molar-refractivity contribution is 0.261. The Kier molecular flexibility index (Phi) is 5.04. The van der Waals surface area contributed by atoms with Crippen molar-refractivity contribution in [2.45, 2.75) is 31.1 Å². The van der Waals surface area contributed by atoms with Crippen LogP contribution in [0, 0.1) is 5.92 Å². The number of nitrogens with zero attached hydrogens (tertiary/aromatic N) is 2. The van der Waals surface area contributed by atoms with Crippen LogP contribution in [0.5, 0.6) is 0 Å². The van der Waals surface area contributed by atoms with Crippen molar-refractivity contribution in [3.63, 3.8) is 0 Å². The molecule has 2 rings (SSSR count). The van der Waals surface area contributed by atoms with E-state index in [9.17, 15) is 8.42 Å². The van der Waals surface area contributed by atoms with Gasteiger partial charge in [-0.05, 0) is 40.8 Å². The van der Waals surface area contributed by atoms with Crippen LogP contribution in [0.15, 0.2) is 21.6 Å². The van der Waals surface area contributed by atoms with Crippen molar-refractivity contribution in [1.82, 2.24) is 9.29 Å². The minimum atomic E-state index is -3.49. The quantitative estimate of drug-likeness (QED) is 0.895. The first-order valence-corrected chi connectivity index (χ1v) is 9.05. The molecule has 5 nitrogen and oxygen atoms in total. The van der Waals surface area contributed by atoms with E-state index in [4.69, 9.17) is 0 Å². The van der Waals surface area contributed by atoms with Gasteiger partial charge < -0.3 is 5.32 Å². The average Bonchev–Trinajstić information content (AvgIpc) is 2.47.